The predicted octanol–water partition coefficient (Wildman–Crippen LogP) is 0.381. The number of nitrogens with two attached hydrogens (primary N) is 1. The molecule has 0 unspecified atom stereocenters. The quantitative estimate of drug-likeness (QED) is 0.781. The summed E-state index contributed by atoms with van der Waals surface area (Å²) in [7, 11) is 3.51. The van der Waals surface area contributed by atoms with Crippen molar-refractivity contribution >= 4 is 5.91 Å². The van der Waals surface area contributed by atoms with Crippen LogP contribution in [0.25, 0.3) is 0 Å². The van der Waals surface area contributed by atoms with Crippen LogP contribution in [-0.4, -0.2) is 34.5 Å². The van der Waals surface area contributed by atoms with E-state index >= 15 is 0 Å². The molecule has 84 valence electrons. The van der Waals surface area contributed by atoms with Crippen molar-refractivity contribution < 1.29 is 4.79 Å². The largest absolute Gasteiger partial charge is 0.349 e. The summed E-state index contributed by atoms with van der Waals surface area (Å²) in [4.78, 5) is 17.0. The Morgan fingerprint density at radius 1 is 1.67 bits per heavy atom. The Kier molecular flexibility index (Phi) is 3.85. The first-order valence-electron chi connectivity index (χ1n) is 4.98. The van der Waals surface area contributed by atoms with Gasteiger partial charge in [-0.3, -0.25) is 4.79 Å². The highest BCUT2D eigenvalue weighted by Crippen LogP contribution is 2.09. The van der Waals surface area contributed by atoms with E-state index in [0.29, 0.717) is 13.0 Å². The molecule has 0 aromatic carbocycles. The Bertz CT molecular complexity index is 330. The molecular formula is C10H18N4O. The average molecular weight is 210 g/mol. The Hall–Kier alpha value is -1.36. The molecule has 0 saturated heterocycles. The van der Waals surface area contributed by atoms with E-state index in [2.05, 4.69) is 4.98 Å². The Morgan fingerprint density at radius 2 is 2.33 bits per heavy atom. The number of hydrogen-bond acceptors (Lipinski definition) is 3. The summed E-state index contributed by atoms with van der Waals surface area (Å²) >= 11 is 0. The minimum atomic E-state index is -0.0537. The fourth-order valence-electron chi connectivity index (χ4n) is 1.34. The molecule has 1 aromatic rings. The lowest BCUT2D eigenvalue weighted by molar-refractivity contribution is -0.128. The van der Waals surface area contributed by atoms with Gasteiger partial charge in [0.2, 0.25) is 5.91 Å². The number of hydrogen-bond donors (Lipinski definition) is 1. The number of carbonyl (C=O) groups excluding carboxylic acids is 1. The molecule has 1 atom stereocenters. The summed E-state index contributed by atoms with van der Waals surface area (Å²) in [5, 5.41) is 0. The Morgan fingerprint density at radius 3 is 2.87 bits per heavy atom. The normalized spacial score (nSPS) is 12.5. The van der Waals surface area contributed by atoms with Gasteiger partial charge in [-0.15, -0.1) is 0 Å². The van der Waals surface area contributed by atoms with E-state index in [0.717, 1.165) is 5.69 Å². The number of nitrogens with zero attached hydrogens (tertiary/aromatic N) is 3. The summed E-state index contributed by atoms with van der Waals surface area (Å²) in [6.45, 7) is 2.54. The number of amides is 1. The summed E-state index contributed by atoms with van der Waals surface area (Å²) in [6, 6.07) is -0.0537. The molecule has 1 amide bonds. The number of imidazole rings is 1. The third-order valence-corrected chi connectivity index (χ3v) is 2.28. The predicted molar refractivity (Wildman–Crippen MR) is 58.1 cm³/mol. The fraction of sp³-hybridized carbons (Fsp3) is 0.600. The second-order valence-electron chi connectivity index (χ2n) is 3.84. The standard InChI is InChI=1S/C10H18N4O/c1-8(11)9-6-12-7-14(9)5-4-10(15)13(2)3/h6-8H,4-5,11H2,1-3H3/t8-/m1/s1. The van der Waals surface area contributed by atoms with E-state index in [1.807, 2.05) is 11.5 Å². The first-order valence-corrected chi connectivity index (χ1v) is 4.98. The van der Waals surface area contributed by atoms with Crippen molar-refractivity contribution in [3.05, 3.63) is 18.2 Å². The number of carbonyl (C=O) groups is 1. The maximum atomic E-state index is 11.4. The lowest BCUT2D eigenvalue weighted by Crippen LogP contribution is -2.23. The molecule has 1 rings (SSSR count). The zero-order valence-corrected chi connectivity index (χ0v) is 9.47. The number of rotatable bonds is 4. The van der Waals surface area contributed by atoms with Crippen LogP contribution < -0.4 is 5.73 Å². The van der Waals surface area contributed by atoms with Gasteiger partial charge in [-0.1, -0.05) is 0 Å². The van der Waals surface area contributed by atoms with Crippen LogP contribution in [0.3, 0.4) is 0 Å². The van der Waals surface area contributed by atoms with Crippen LogP contribution in [0.1, 0.15) is 25.1 Å². The van der Waals surface area contributed by atoms with Crippen LogP contribution in [0.5, 0.6) is 0 Å². The van der Waals surface area contributed by atoms with E-state index in [9.17, 15) is 4.79 Å². The van der Waals surface area contributed by atoms with Crippen molar-refractivity contribution in [2.75, 3.05) is 14.1 Å². The van der Waals surface area contributed by atoms with Crippen LogP contribution in [0.4, 0.5) is 0 Å². The van der Waals surface area contributed by atoms with E-state index in [4.69, 9.17) is 5.73 Å². The maximum Gasteiger partial charge on any atom is 0.223 e. The van der Waals surface area contributed by atoms with Gasteiger partial charge in [0.25, 0.3) is 0 Å². The average Bonchev–Trinajstić information content (AvgIpc) is 2.61. The second-order valence-corrected chi connectivity index (χ2v) is 3.84. The van der Waals surface area contributed by atoms with E-state index < -0.39 is 0 Å². The van der Waals surface area contributed by atoms with Gasteiger partial charge in [-0.25, -0.2) is 4.98 Å². The number of aryl methyl sites for hydroxylation is 1. The molecule has 0 radical (unpaired) electrons. The van der Waals surface area contributed by atoms with E-state index in [1.165, 1.54) is 0 Å². The molecule has 0 saturated carbocycles. The third kappa shape index (κ3) is 3.06. The topological polar surface area (TPSA) is 64.1 Å². The van der Waals surface area contributed by atoms with Crippen LogP contribution in [-0.2, 0) is 11.3 Å². The van der Waals surface area contributed by atoms with Gasteiger partial charge in [0.15, 0.2) is 0 Å². The highest BCUT2D eigenvalue weighted by molar-refractivity contribution is 5.75. The summed E-state index contributed by atoms with van der Waals surface area (Å²) in [6.07, 6.45) is 3.93. The summed E-state index contributed by atoms with van der Waals surface area (Å²) in [5.41, 5.74) is 6.73. The van der Waals surface area contributed by atoms with E-state index in [-0.39, 0.29) is 11.9 Å². The second kappa shape index (κ2) is 4.93. The molecule has 2 N–H and O–H groups in total. The number of aromatic nitrogens is 2. The van der Waals surface area contributed by atoms with Crippen molar-refractivity contribution in [3.8, 4) is 0 Å². The summed E-state index contributed by atoms with van der Waals surface area (Å²) in [5.74, 6) is 0.110. The highest BCUT2D eigenvalue weighted by atomic mass is 16.2. The first-order chi connectivity index (χ1) is 7.02. The molecule has 5 heteroatoms. The van der Waals surface area contributed by atoms with Crippen LogP contribution >= 0.6 is 0 Å². The van der Waals surface area contributed by atoms with Crippen LogP contribution in [0, 0.1) is 0 Å². The van der Waals surface area contributed by atoms with Crippen molar-refractivity contribution in [2.45, 2.75) is 25.9 Å². The van der Waals surface area contributed by atoms with Crippen LogP contribution in [0.15, 0.2) is 12.5 Å². The van der Waals surface area contributed by atoms with Gasteiger partial charge >= 0.3 is 0 Å². The van der Waals surface area contributed by atoms with Crippen molar-refractivity contribution in [1.82, 2.24) is 14.5 Å². The maximum absolute atomic E-state index is 11.4. The molecule has 0 aliphatic carbocycles. The first kappa shape index (κ1) is 11.7. The van der Waals surface area contributed by atoms with Crippen molar-refractivity contribution in [2.24, 2.45) is 5.73 Å². The zero-order valence-electron chi connectivity index (χ0n) is 9.47. The van der Waals surface area contributed by atoms with Gasteiger partial charge in [-0.05, 0) is 6.92 Å². The molecule has 0 aliphatic heterocycles. The lowest BCUT2D eigenvalue weighted by Gasteiger charge is -2.13. The third-order valence-electron chi connectivity index (χ3n) is 2.28. The van der Waals surface area contributed by atoms with Crippen molar-refractivity contribution in [1.29, 1.82) is 0 Å². The molecule has 15 heavy (non-hydrogen) atoms. The molecule has 0 spiro atoms. The van der Waals surface area contributed by atoms with Gasteiger partial charge in [0.05, 0.1) is 12.0 Å². The van der Waals surface area contributed by atoms with Gasteiger partial charge in [0, 0.05) is 39.3 Å². The Labute approximate surface area is 89.9 Å². The van der Waals surface area contributed by atoms with Crippen molar-refractivity contribution in [3.63, 3.8) is 0 Å². The monoisotopic (exact) mass is 210 g/mol. The fourth-order valence-corrected chi connectivity index (χ4v) is 1.34. The van der Waals surface area contributed by atoms with Crippen LogP contribution in [0.2, 0.25) is 0 Å². The van der Waals surface area contributed by atoms with Gasteiger partial charge in [0.1, 0.15) is 0 Å². The minimum absolute atomic E-state index is 0.0537. The molecule has 1 heterocycles. The molecule has 0 aliphatic rings. The highest BCUT2D eigenvalue weighted by Gasteiger charge is 2.09. The summed E-state index contributed by atoms with van der Waals surface area (Å²) < 4.78 is 1.92. The Balaban J connectivity index is 2.58. The van der Waals surface area contributed by atoms with E-state index in [1.54, 1.807) is 31.5 Å². The lowest BCUT2D eigenvalue weighted by atomic mass is 10.2. The molecule has 5 nitrogen and oxygen atoms in total. The smallest absolute Gasteiger partial charge is 0.223 e. The molecule has 0 fully saturated rings. The molecule has 0 bridgehead atoms. The van der Waals surface area contributed by atoms with Gasteiger partial charge in [-0.2, -0.15) is 0 Å². The minimum Gasteiger partial charge on any atom is -0.349 e. The SMILES string of the molecule is C[C@@H](N)c1cncn1CCC(=O)N(C)C. The van der Waals surface area contributed by atoms with Gasteiger partial charge < -0.3 is 15.2 Å². The molecular weight excluding hydrogens is 192 g/mol. The molecule has 1 aromatic heterocycles. The zero-order chi connectivity index (χ0) is 11.4.